The minimum absolute atomic E-state index is 0.0984. The summed E-state index contributed by atoms with van der Waals surface area (Å²) in [4.78, 5) is 51.5. The second kappa shape index (κ2) is 12.8. The van der Waals surface area contributed by atoms with Crippen LogP contribution in [0.15, 0.2) is 18.2 Å². The number of carbonyl (C=O) groups is 3. The second-order valence-corrected chi connectivity index (χ2v) is 15.3. The Hall–Kier alpha value is -3.57. The Labute approximate surface area is 274 Å². The second-order valence-electron chi connectivity index (χ2n) is 15.3. The van der Waals surface area contributed by atoms with Crippen LogP contribution in [0.2, 0.25) is 0 Å². The zero-order chi connectivity index (χ0) is 34.5. The molecule has 47 heavy (non-hydrogen) atoms. The molecule has 3 heterocycles. The number of halogens is 2. The first-order chi connectivity index (χ1) is 21.9. The Balaban J connectivity index is 1.60. The molecule has 0 spiro atoms. The fourth-order valence-corrected chi connectivity index (χ4v) is 6.53. The van der Waals surface area contributed by atoms with Gasteiger partial charge < -0.3 is 23.8 Å². The molecule has 2 aromatic rings. The van der Waals surface area contributed by atoms with Crippen molar-refractivity contribution in [3.8, 4) is 11.6 Å². The Morgan fingerprint density at radius 2 is 1.74 bits per heavy atom. The van der Waals surface area contributed by atoms with Gasteiger partial charge in [0.25, 0.3) is 5.92 Å². The molecule has 3 aliphatic rings. The topological polar surface area (TPSA) is 117 Å². The summed E-state index contributed by atoms with van der Waals surface area (Å²) in [5.74, 6) is -6.24. The summed E-state index contributed by atoms with van der Waals surface area (Å²) in [5, 5.41) is 0. The quantitative estimate of drug-likeness (QED) is 0.346. The molecule has 1 aromatic heterocycles. The molecule has 0 N–H and O–H groups in total. The van der Waals surface area contributed by atoms with Crippen molar-refractivity contribution in [3.05, 3.63) is 23.9 Å². The van der Waals surface area contributed by atoms with E-state index in [4.69, 9.17) is 18.9 Å². The van der Waals surface area contributed by atoms with Gasteiger partial charge in [-0.3, -0.25) is 9.59 Å². The summed E-state index contributed by atoms with van der Waals surface area (Å²) >= 11 is 0. The fourth-order valence-electron chi connectivity index (χ4n) is 6.53. The van der Waals surface area contributed by atoms with Gasteiger partial charge in [0, 0.05) is 18.4 Å². The van der Waals surface area contributed by atoms with Crippen LogP contribution < -0.4 is 9.47 Å². The number of carbonyl (C=O) groups excluding carboxylic acids is 3. The average molecular weight is 660 g/mol. The number of aromatic nitrogens is 2. The van der Waals surface area contributed by atoms with Gasteiger partial charge in [0.05, 0.1) is 37.0 Å². The molecule has 258 valence electrons. The van der Waals surface area contributed by atoms with Crippen molar-refractivity contribution < 1.29 is 42.1 Å². The third-order valence-electron chi connectivity index (χ3n) is 9.35. The molecule has 2 bridgehead atoms. The molecule has 12 heteroatoms. The highest BCUT2D eigenvalue weighted by Gasteiger charge is 2.52. The lowest BCUT2D eigenvalue weighted by Gasteiger charge is -2.35. The van der Waals surface area contributed by atoms with Crippen molar-refractivity contribution in [2.75, 3.05) is 13.7 Å². The Morgan fingerprint density at radius 3 is 2.40 bits per heavy atom. The molecule has 0 radical (unpaired) electrons. The van der Waals surface area contributed by atoms with Gasteiger partial charge >= 0.3 is 11.9 Å². The number of hydrogen-bond acceptors (Lipinski definition) is 9. The van der Waals surface area contributed by atoms with Crippen LogP contribution in [0, 0.1) is 23.2 Å². The van der Waals surface area contributed by atoms with E-state index in [-0.39, 0.29) is 42.8 Å². The maximum absolute atomic E-state index is 16.0. The monoisotopic (exact) mass is 659 g/mol. The minimum Gasteiger partial charge on any atom is -0.497 e. The first-order valence-corrected chi connectivity index (χ1v) is 16.5. The number of ether oxygens (including phenoxy) is 4. The molecule has 1 saturated carbocycles. The van der Waals surface area contributed by atoms with Crippen LogP contribution in [0.5, 0.6) is 11.6 Å². The van der Waals surface area contributed by atoms with Crippen molar-refractivity contribution in [3.63, 3.8) is 0 Å². The molecule has 2 aliphatic heterocycles. The maximum atomic E-state index is 16.0. The van der Waals surface area contributed by atoms with E-state index in [0.717, 1.165) is 0 Å². The van der Waals surface area contributed by atoms with E-state index >= 15 is 8.78 Å². The fraction of sp³-hybridized carbons (Fsp3) is 0.686. The van der Waals surface area contributed by atoms with Crippen molar-refractivity contribution in [2.24, 2.45) is 23.2 Å². The summed E-state index contributed by atoms with van der Waals surface area (Å²) in [6.07, 6.45) is 0.229. The van der Waals surface area contributed by atoms with Crippen LogP contribution in [0.1, 0.15) is 92.7 Å². The van der Waals surface area contributed by atoms with Crippen LogP contribution in [0.4, 0.5) is 8.78 Å². The average Bonchev–Trinajstić information content (AvgIpc) is 3.62. The van der Waals surface area contributed by atoms with E-state index in [1.165, 1.54) is 12.0 Å². The molecule has 1 aliphatic carbocycles. The largest absolute Gasteiger partial charge is 0.497 e. The molecule has 1 saturated heterocycles. The number of methoxy groups -OCH3 is 1. The molecular weight excluding hydrogens is 612 g/mol. The molecule has 5 rings (SSSR count). The summed E-state index contributed by atoms with van der Waals surface area (Å²) in [6, 6.07) is 3.69. The Morgan fingerprint density at radius 1 is 1.02 bits per heavy atom. The number of amides is 1. The predicted molar refractivity (Wildman–Crippen MR) is 169 cm³/mol. The molecule has 10 nitrogen and oxygen atoms in total. The SMILES string of the molecule is COc1ccc2nc3c(nc2c1)O[C@H]1CN(C(=O)[C@H](C(C)(C)C)CC(=O)O[C@@H]2C[C@H]2CCCCC3(F)F)[C@H](C(=O)OC(C)(C)C)[C@@H]1C. The van der Waals surface area contributed by atoms with Gasteiger partial charge in [0.1, 0.15) is 29.6 Å². The number of hydrogen-bond donors (Lipinski definition) is 0. The van der Waals surface area contributed by atoms with E-state index in [1.807, 2.05) is 20.8 Å². The van der Waals surface area contributed by atoms with Gasteiger partial charge in [-0.1, -0.05) is 34.1 Å². The van der Waals surface area contributed by atoms with E-state index in [1.54, 1.807) is 45.9 Å². The third-order valence-corrected chi connectivity index (χ3v) is 9.35. The Bertz CT molecular complexity index is 1520. The highest BCUT2D eigenvalue weighted by Crippen LogP contribution is 2.44. The van der Waals surface area contributed by atoms with Gasteiger partial charge in [-0.2, -0.15) is 8.78 Å². The number of fused-ring (bicyclic) bond motifs is 5. The van der Waals surface area contributed by atoms with Gasteiger partial charge in [-0.25, -0.2) is 14.8 Å². The van der Waals surface area contributed by atoms with Gasteiger partial charge in [-0.05, 0) is 63.5 Å². The van der Waals surface area contributed by atoms with Crippen molar-refractivity contribution in [1.29, 1.82) is 0 Å². The van der Waals surface area contributed by atoms with Crippen molar-refractivity contribution in [1.82, 2.24) is 14.9 Å². The summed E-state index contributed by atoms with van der Waals surface area (Å²) in [7, 11) is 1.49. The maximum Gasteiger partial charge on any atom is 0.329 e. The summed E-state index contributed by atoms with van der Waals surface area (Å²) < 4.78 is 55.1. The molecule has 1 aromatic carbocycles. The van der Waals surface area contributed by atoms with Crippen LogP contribution in [0.3, 0.4) is 0 Å². The van der Waals surface area contributed by atoms with E-state index in [9.17, 15) is 14.4 Å². The lowest BCUT2D eigenvalue weighted by molar-refractivity contribution is -0.166. The zero-order valence-electron chi connectivity index (χ0n) is 28.6. The zero-order valence-corrected chi connectivity index (χ0v) is 28.6. The third kappa shape index (κ3) is 7.78. The van der Waals surface area contributed by atoms with Gasteiger partial charge in [-0.15, -0.1) is 0 Å². The molecular formula is C35H47F2N3O7. The first-order valence-electron chi connectivity index (χ1n) is 16.5. The van der Waals surface area contributed by atoms with Gasteiger partial charge in [0.15, 0.2) is 5.69 Å². The van der Waals surface area contributed by atoms with Crippen LogP contribution in [-0.4, -0.2) is 70.2 Å². The highest BCUT2D eigenvalue weighted by atomic mass is 19.3. The lowest BCUT2D eigenvalue weighted by Crippen LogP contribution is -2.50. The number of esters is 2. The smallest absolute Gasteiger partial charge is 0.329 e. The minimum atomic E-state index is -3.38. The van der Waals surface area contributed by atoms with Crippen molar-refractivity contribution >= 4 is 28.9 Å². The number of rotatable bonds is 2. The van der Waals surface area contributed by atoms with E-state index in [2.05, 4.69) is 9.97 Å². The molecule has 2 fully saturated rings. The number of nitrogens with zero attached hydrogens (tertiary/aromatic N) is 3. The predicted octanol–water partition coefficient (Wildman–Crippen LogP) is 6.22. The molecule has 0 unspecified atom stereocenters. The van der Waals surface area contributed by atoms with Gasteiger partial charge in [0.2, 0.25) is 11.8 Å². The summed E-state index contributed by atoms with van der Waals surface area (Å²) in [6.45, 7) is 12.4. The molecule has 6 atom stereocenters. The van der Waals surface area contributed by atoms with Crippen LogP contribution in [0.25, 0.3) is 11.0 Å². The van der Waals surface area contributed by atoms with Crippen LogP contribution >= 0.6 is 0 Å². The summed E-state index contributed by atoms with van der Waals surface area (Å²) in [5.41, 5.74) is -1.56. The van der Waals surface area contributed by atoms with E-state index < -0.39 is 70.9 Å². The van der Waals surface area contributed by atoms with Crippen molar-refractivity contribution in [2.45, 2.75) is 117 Å². The standard InChI is InChI=1S/C35H47F2N3O7/c1-19-26-18-40(28(19)32(43)47-34(5,6)7)31(42)22(33(2,3)4)17-27(41)45-25-15-20(25)11-9-10-14-35(36,37)29-30(46-26)39-24-16-21(44-8)12-13-23(24)38-29/h12-13,16,19-20,22,25-26,28H,9-11,14-15,17-18H2,1-8H3/t19-,20-,22-,25-,26+,28+/m1/s1. The highest BCUT2D eigenvalue weighted by molar-refractivity contribution is 5.89. The lowest BCUT2D eigenvalue weighted by atomic mass is 9.77. The Kier molecular flexibility index (Phi) is 9.47. The number of benzene rings is 1. The normalized spacial score (nSPS) is 28.7. The first kappa shape index (κ1) is 34.8. The van der Waals surface area contributed by atoms with Crippen LogP contribution in [-0.2, 0) is 29.8 Å². The number of alkyl halides is 2. The molecule has 1 amide bonds. The van der Waals surface area contributed by atoms with E-state index in [0.29, 0.717) is 30.5 Å².